The molecule has 38 heavy (non-hydrogen) atoms. The Morgan fingerprint density at radius 1 is 0.500 bits per heavy atom. The first kappa shape index (κ1) is 25.0. The van der Waals surface area contributed by atoms with Crippen LogP contribution in [0.5, 0.6) is 0 Å². The van der Waals surface area contributed by atoms with Crippen molar-refractivity contribution in [1.29, 1.82) is 0 Å². The largest absolute Gasteiger partial charge is 0.210 e. The molecule has 4 aromatic rings. The summed E-state index contributed by atoms with van der Waals surface area (Å²) in [4.78, 5) is 0. The van der Waals surface area contributed by atoms with Crippen molar-refractivity contribution >= 4 is 44.3 Å². The van der Waals surface area contributed by atoms with E-state index in [-0.39, 0.29) is 10.8 Å². The molecule has 0 aliphatic carbocycles. The Kier molecular flexibility index (Phi) is 6.05. The number of benzene rings is 4. The lowest BCUT2D eigenvalue weighted by molar-refractivity contribution is -0.441. The molecule has 2 aliphatic rings. The highest BCUT2D eigenvalue weighted by atomic mass is 15.1. The molecule has 194 valence electrons. The van der Waals surface area contributed by atoms with Crippen LogP contribution in [0, 0.1) is 0 Å². The van der Waals surface area contributed by atoms with Gasteiger partial charge >= 0.3 is 0 Å². The molecule has 6 rings (SSSR count). The summed E-state index contributed by atoms with van der Waals surface area (Å²) in [6.45, 7) is 16.5. The molecule has 0 saturated carbocycles. The Bertz CT molecular complexity index is 1510. The SMILES string of the molecule is CC1=[N+](CCCCCC[N+]2=C(C)C(C)(C)c3c2ccc2ccccc32)c2ccc3ccccc3c2C1(C)C. The molecule has 0 radical (unpaired) electrons. The third-order valence-electron chi connectivity index (χ3n) is 9.78. The van der Waals surface area contributed by atoms with Crippen molar-refractivity contribution in [3.8, 4) is 0 Å². The maximum atomic E-state index is 2.60. The number of rotatable bonds is 7. The molecule has 2 aliphatic heterocycles. The van der Waals surface area contributed by atoms with E-state index in [4.69, 9.17) is 0 Å². The van der Waals surface area contributed by atoms with Gasteiger partial charge in [0.2, 0.25) is 11.4 Å². The fourth-order valence-corrected chi connectivity index (χ4v) is 7.15. The van der Waals surface area contributed by atoms with E-state index in [1.54, 1.807) is 0 Å². The van der Waals surface area contributed by atoms with Gasteiger partial charge < -0.3 is 0 Å². The third-order valence-corrected chi connectivity index (χ3v) is 9.78. The zero-order chi connectivity index (χ0) is 26.7. The Morgan fingerprint density at radius 3 is 1.32 bits per heavy atom. The predicted octanol–water partition coefficient (Wildman–Crippen LogP) is 9.05. The van der Waals surface area contributed by atoms with E-state index in [0.29, 0.717) is 0 Å². The molecule has 0 N–H and O–H groups in total. The second kappa shape index (κ2) is 9.19. The highest BCUT2D eigenvalue weighted by Gasteiger charge is 2.45. The lowest BCUT2D eigenvalue weighted by atomic mass is 9.80. The lowest BCUT2D eigenvalue weighted by Crippen LogP contribution is -2.27. The summed E-state index contributed by atoms with van der Waals surface area (Å²) >= 11 is 0. The van der Waals surface area contributed by atoms with Gasteiger partial charge in [-0.15, -0.1) is 0 Å². The molecule has 2 heteroatoms. The molecule has 0 unspecified atom stereocenters. The quantitative estimate of drug-likeness (QED) is 0.176. The van der Waals surface area contributed by atoms with Crippen LogP contribution in [0.1, 0.15) is 78.4 Å². The van der Waals surface area contributed by atoms with Crippen LogP contribution >= 0.6 is 0 Å². The van der Waals surface area contributed by atoms with Crippen LogP contribution in [0.2, 0.25) is 0 Å². The van der Waals surface area contributed by atoms with E-state index in [1.807, 2.05) is 0 Å². The number of hydrogen-bond donors (Lipinski definition) is 0. The van der Waals surface area contributed by atoms with Crippen molar-refractivity contribution in [3.63, 3.8) is 0 Å². The molecule has 0 bridgehead atoms. The van der Waals surface area contributed by atoms with Crippen LogP contribution < -0.4 is 0 Å². The molecular formula is C36H42N2+2. The van der Waals surface area contributed by atoms with E-state index >= 15 is 0 Å². The van der Waals surface area contributed by atoms with Crippen molar-refractivity contribution < 1.29 is 9.15 Å². The van der Waals surface area contributed by atoms with Gasteiger partial charge in [0.05, 0.1) is 10.8 Å². The number of fused-ring (bicyclic) bond motifs is 6. The van der Waals surface area contributed by atoms with Gasteiger partial charge in [-0.1, -0.05) is 48.5 Å². The van der Waals surface area contributed by atoms with Gasteiger partial charge in [0, 0.05) is 49.9 Å². The summed E-state index contributed by atoms with van der Waals surface area (Å²) in [5, 5.41) is 5.51. The summed E-state index contributed by atoms with van der Waals surface area (Å²) in [6, 6.07) is 27.0. The zero-order valence-corrected chi connectivity index (χ0v) is 24.1. The van der Waals surface area contributed by atoms with Crippen LogP contribution in [0.25, 0.3) is 21.5 Å². The molecule has 2 nitrogen and oxygen atoms in total. The summed E-state index contributed by atoms with van der Waals surface area (Å²) in [5.41, 5.74) is 8.95. The van der Waals surface area contributed by atoms with Crippen LogP contribution in [0.15, 0.2) is 72.8 Å². The summed E-state index contributed by atoms with van der Waals surface area (Å²) in [7, 11) is 0. The molecule has 4 aromatic carbocycles. The standard InChI is InChI=1S/C36H42N2/c1-25-35(3,4)33-29-17-11-9-15-27(29)19-21-31(33)37(25)23-13-7-8-14-24-38-26(2)36(5,6)34-30-18-12-10-16-28(30)20-22-32(34)38/h9-12,15-22H,7-8,13-14,23-24H2,1-6H3/q+2. The van der Waals surface area contributed by atoms with Crippen molar-refractivity contribution in [2.24, 2.45) is 0 Å². The number of unbranched alkanes of at least 4 members (excludes halogenated alkanes) is 3. The molecular weight excluding hydrogens is 460 g/mol. The van der Waals surface area contributed by atoms with Crippen LogP contribution in [-0.4, -0.2) is 33.7 Å². The van der Waals surface area contributed by atoms with Gasteiger partial charge in [0.1, 0.15) is 13.1 Å². The van der Waals surface area contributed by atoms with Gasteiger partial charge in [0.25, 0.3) is 0 Å². The smallest absolute Gasteiger partial charge is 0.199 e. The third kappa shape index (κ3) is 3.75. The van der Waals surface area contributed by atoms with Crippen molar-refractivity contribution in [2.75, 3.05) is 13.1 Å². The molecule has 0 aromatic heterocycles. The van der Waals surface area contributed by atoms with Gasteiger partial charge in [-0.25, -0.2) is 0 Å². The minimum Gasteiger partial charge on any atom is -0.199 e. The van der Waals surface area contributed by atoms with Crippen molar-refractivity contribution in [2.45, 2.75) is 78.1 Å². The summed E-state index contributed by atoms with van der Waals surface area (Å²) in [5.74, 6) is 0. The van der Waals surface area contributed by atoms with Crippen molar-refractivity contribution in [3.05, 3.63) is 83.9 Å². The summed E-state index contributed by atoms with van der Waals surface area (Å²) in [6.07, 6.45) is 5.01. The zero-order valence-electron chi connectivity index (χ0n) is 24.1. The van der Waals surface area contributed by atoms with E-state index in [2.05, 4.69) is 123 Å². The topological polar surface area (TPSA) is 6.02 Å². The van der Waals surface area contributed by atoms with Gasteiger partial charge in [-0.2, -0.15) is 9.15 Å². The minimum atomic E-state index is 0.0731. The lowest BCUT2D eigenvalue weighted by Gasteiger charge is -2.17. The average Bonchev–Trinajstić information content (AvgIpc) is 3.24. The number of nitrogens with zero attached hydrogens (tertiary/aromatic N) is 2. The van der Waals surface area contributed by atoms with Crippen LogP contribution in [0.3, 0.4) is 0 Å². The molecule has 2 heterocycles. The first-order valence-corrected chi connectivity index (χ1v) is 14.5. The van der Waals surface area contributed by atoms with E-state index in [0.717, 1.165) is 13.1 Å². The minimum absolute atomic E-state index is 0.0731. The fourth-order valence-electron chi connectivity index (χ4n) is 7.15. The second-order valence-electron chi connectivity index (χ2n) is 12.5. The Morgan fingerprint density at radius 2 is 0.895 bits per heavy atom. The molecule has 0 atom stereocenters. The average molecular weight is 503 g/mol. The van der Waals surface area contributed by atoms with Gasteiger partial charge in [0.15, 0.2) is 11.4 Å². The Balaban J connectivity index is 1.12. The fraction of sp³-hybridized carbons (Fsp3) is 0.389. The monoisotopic (exact) mass is 502 g/mol. The van der Waals surface area contributed by atoms with E-state index < -0.39 is 0 Å². The highest BCUT2D eigenvalue weighted by Crippen LogP contribution is 2.45. The molecule has 0 amide bonds. The Labute approximate surface area is 228 Å². The first-order chi connectivity index (χ1) is 18.2. The maximum Gasteiger partial charge on any atom is 0.210 e. The molecule has 0 spiro atoms. The molecule has 0 fully saturated rings. The van der Waals surface area contributed by atoms with Gasteiger partial charge in [-0.05, 0) is 74.2 Å². The number of hydrogen-bond acceptors (Lipinski definition) is 0. The van der Waals surface area contributed by atoms with Gasteiger partial charge in [-0.3, -0.25) is 0 Å². The normalized spacial score (nSPS) is 17.5. The second-order valence-corrected chi connectivity index (χ2v) is 12.5. The highest BCUT2D eigenvalue weighted by molar-refractivity contribution is 6.02. The van der Waals surface area contributed by atoms with Crippen LogP contribution in [-0.2, 0) is 10.8 Å². The summed E-state index contributed by atoms with van der Waals surface area (Å²) < 4.78 is 5.20. The molecule has 0 saturated heterocycles. The first-order valence-electron chi connectivity index (χ1n) is 14.5. The maximum absolute atomic E-state index is 2.60. The van der Waals surface area contributed by atoms with Crippen LogP contribution in [0.4, 0.5) is 11.4 Å². The van der Waals surface area contributed by atoms with Crippen molar-refractivity contribution in [1.82, 2.24) is 0 Å². The predicted molar refractivity (Wildman–Crippen MR) is 163 cm³/mol. The van der Waals surface area contributed by atoms with E-state index in [9.17, 15) is 0 Å². The van der Waals surface area contributed by atoms with E-state index in [1.165, 1.54) is 81.2 Å². The Hall–Kier alpha value is -3.26.